The molecule has 1 unspecified atom stereocenters. The minimum Gasteiger partial charge on any atom is -0.462 e. The Morgan fingerprint density at radius 1 is 0.244 bits per heavy atom. The van der Waals surface area contributed by atoms with Crippen LogP contribution in [0.15, 0.2) is 36.5 Å². The van der Waals surface area contributed by atoms with Crippen LogP contribution in [0.4, 0.5) is 0 Å². The number of hydrogen-bond donors (Lipinski definition) is 0. The number of rotatable bonds is 69. The van der Waals surface area contributed by atoms with E-state index in [9.17, 15) is 14.4 Å². The van der Waals surface area contributed by atoms with Gasteiger partial charge >= 0.3 is 17.9 Å². The number of allylic oxidation sites excluding steroid dienone is 6. The van der Waals surface area contributed by atoms with E-state index in [1.807, 2.05) is 0 Å². The molecule has 6 nitrogen and oxygen atoms in total. The maximum absolute atomic E-state index is 13.0. The molecule has 0 rings (SSSR count). The van der Waals surface area contributed by atoms with Gasteiger partial charge in [-0.15, -0.1) is 0 Å². The van der Waals surface area contributed by atoms with Crippen LogP contribution in [-0.2, 0) is 28.6 Å². The Labute approximate surface area is 512 Å². The first-order valence-corrected chi connectivity index (χ1v) is 37.0. The molecule has 0 saturated carbocycles. The second kappa shape index (κ2) is 71.1. The first-order chi connectivity index (χ1) is 40.5. The summed E-state index contributed by atoms with van der Waals surface area (Å²) in [5, 5.41) is 0. The monoisotopic (exact) mass is 1150 g/mol. The molecule has 0 heterocycles. The van der Waals surface area contributed by atoms with Gasteiger partial charge in [-0.25, -0.2) is 0 Å². The van der Waals surface area contributed by atoms with Gasteiger partial charge in [-0.05, 0) is 77.0 Å². The molecular formula is C76H142O6. The molecule has 0 aromatic carbocycles. The molecular weight excluding hydrogens is 1010 g/mol. The number of unbranched alkanes of at least 4 members (excludes halogenated alkanes) is 52. The molecule has 0 saturated heterocycles. The highest BCUT2D eigenvalue weighted by molar-refractivity contribution is 5.71. The van der Waals surface area contributed by atoms with Gasteiger partial charge in [-0.1, -0.05) is 353 Å². The van der Waals surface area contributed by atoms with Gasteiger partial charge < -0.3 is 14.2 Å². The van der Waals surface area contributed by atoms with Crippen molar-refractivity contribution in [1.82, 2.24) is 0 Å². The summed E-state index contributed by atoms with van der Waals surface area (Å²) in [4.78, 5) is 38.5. The molecule has 0 aromatic rings. The number of carbonyl (C=O) groups is 3. The van der Waals surface area contributed by atoms with Crippen molar-refractivity contribution in [2.45, 2.75) is 419 Å². The Morgan fingerprint density at radius 2 is 0.439 bits per heavy atom. The first-order valence-electron chi connectivity index (χ1n) is 37.0. The van der Waals surface area contributed by atoms with Gasteiger partial charge in [0.05, 0.1) is 0 Å². The lowest BCUT2D eigenvalue weighted by Gasteiger charge is -2.18. The zero-order valence-electron chi connectivity index (χ0n) is 55.5. The molecule has 0 aliphatic heterocycles. The van der Waals surface area contributed by atoms with Crippen LogP contribution in [0.2, 0.25) is 0 Å². The predicted molar refractivity (Wildman–Crippen MR) is 358 cm³/mol. The fraction of sp³-hybridized carbons (Fsp3) is 0.882. The molecule has 0 fully saturated rings. The molecule has 0 aliphatic rings. The molecule has 1 atom stereocenters. The van der Waals surface area contributed by atoms with Crippen molar-refractivity contribution >= 4 is 17.9 Å². The third kappa shape index (κ3) is 68.4. The Kier molecular flexibility index (Phi) is 69.1. The van der Waals surface area contributed by atoms with Crippen LogP contribution in [-0.4, -0.2) is 37.2 Å². The zero-order chi connectivity index (χ0) is 59.2. The fourth-order valence-corrected chi connectivity index (χ4v) is 11.3. The van der Waals surface area contributed by atoms with Crippen molar-refractivity contribution in [2.24, 2.45) is 0 Å². The van der Waals surface area contributed by atoms with Gasteiger partial charge in [0.15, 0.2) is 6.10 Å². The average molecular weight is 1150 g/mol. The maximum Gasteiger partial charge on any atom is 0.306 e. The van der Waals surface area contributed by atoms with Crippen LogP contribution in [0.3, 0.4) is 0 Å². The largest absolute Gasteiger partial charge is 0.462 e. The van der Waals surface area contributed by atoms with E-state index in [1.54, 1.807) is 0 Å². The van der Waals surface area contributed by atoms with E-state index in [1.165, 1.54) is 308 Å². The second-order valence-corrected chi connectivity index (χ2v) is 25.2. The standard InChI is InChI=1S/C76H142O6/c1-4-7-10-13-16-19-22-25-28-31-33-34-35-36-37-38-39-40-41-42-43-46-48-51-54-57-60-63-66-69-75(78)81-72-73(71-80-74(77)68-65-62-59-56-53-50-47-44-30-27-24-21-18-15-12-9-6-3)82-76(79)70-67-64-61-58-55-52-49-45-32-29-26-23-20-17-14-11-8-5-2/h22,25,29,31-33,73H,4-21,23-24,26-28,30,34-72H2,1-3H3/b25-22-,32-29-,33-31-. The van der Waals surface area contributed by atoms with Gasteiger partial charge in [0, 0.05) is 19.3 Å². The normalized spacial score (nSPS) is 12.2. The summed E-state index contributed by atoms with van der Waals surface area (Å²) in [5.74, 6) is -0.839. The van der Waals surface area contributed by atoms with Crippen LogP contribution in [0.5, 0.6) is 0 Å². The van der Waals surface area contributed by atoms with E-state index in [2.05, 4.69) is 57.2 Å². The molecule has 0 N–H and O–H groups in total. The lowest BCUT2D eigenvalue weighted by molar-refractivity contribution is -0.167. The predicted octanol–water partition coefficient (Wildman–Crippen LogP) is 25.5. The quantitative estimate of drug-likeness (QED) is 0.0261. The van der Waals surface area contributed by atoms with Crippen LogP contribution in [0, 0.1) is 0 Å². The number of esters is 3. The smallest absolute Gasteiger partial charge is 0.306 e. The Hall–Kier alpha value is -2.37. The third-order valence-electron chi connectivity index (χ3n) is 16.9. The highest BCUT2D eigenvalue weighted by Gasteiger charge is 2.19. The van der Waals surface area contributed by atoms with Crippen LogP contribution >= 0.6 is 0 Å². The van der Waals surface area contributed by atoms with Crippen molar-refractivity contribution in [1.29, 1.82) is 0 Å². The molecule has 0 amide bonds. The minimum atomic E-state index is -0.772. The molecule has 0 aromatic heterocycles. The van der Waals surface area contributed by atoms with E-state index in [0.717, 1.165) is 64.2 Å². The van der Waals surface area contributed by atoms with Crippen molar-refractivity contribution in [3.63, 3.8) is 0 Å². The molecule has 482 valence electrons. The summed E-state index contributed by atoms with van der Waals surface area (Å²) in [5.41, 5.74) is 0. The maximum atomic E-state index is 13.0. The highest BCUT2D eigenvalue weighted by Crippen LogP contribution is 2.19. The molecule has 0 spiro atoms. The van der Waals surface area contributed by atoms with E-state index in [0.29, 0.717) is 19.3 Å². The molecule has 6 heteroatoms. The number of hydrogen-bond acceptors (Lipinski definition) is 6. The van der Waals surface area contributed by atoms with Crippen molar-refractivity contribution in [2.75, 3.05) is 13.2 Å². The van der Waals surface area contributed by atoms with Gasteiger partial charge in [0.2, 0.25) is 0 Å². The van der Waals surface area contributed by atoms with E-state index >= 15 is 0 Å². The summed E-state index contributed by atoms with van der Waals surface area (Å²) >= 11 is 0. The Balaban J connectivity index is 4.23. The summed E-state index contributed by atoms with van der Waals surface area (Å²) in [6.07, 6.45) is 88.9. The van der Waals surface area contributed by atoms with Crippen LogP contribution < -0.4 is 0 Å². The van der Waals surface area contributed by atoms with Gasteiger partial charge in [-0.2, -0.15) is 0 Å². The van der Waals surface area contributed by atoms with Gasteiger partial charge in [-0.3, -0.25) is 14.4 Å². The summed E-state index contributed by atoms with van der Waals surface area (Å²) in [7, 11) is 0. The average Bonchev–Trinajstić information content (AvgIpc) is 3.47. The first kappa shape index (κ1) is 79.6. The highest BCUT2D eigenvalue weighted by atomic mass is 16.6. The molecule has 82 heavy (non-hydrogen) atoms. The lowest BCUT2D eigenvalue weighted by Crippen LogP contribution is -2.30. The molecule has 0 bridgehead atoms. The van der Waals surface area contributed by atoms with E-state index < -0.39 is 6.10 Å². The topological polar surface area (TPSA) is 78.9 Å². The Bertz CT molecular complexity index is 1370. The summed E-state index contributed by atoms with van der Waals surface area (Å²) in [6.45, 7) is 6.71. The minimum absolute atomic E-state index is 0.0675. The Morgan fingerprint density at radius 3 is 0.683 bits per heavy atom. The fourth-order valence-electron chi connectivity index (χ4n) is 11.3. The van der Waals surface area contributed by atoms with Crippen LogP contribution in [0.25, 0.3) is 0 Å². The van der Waals surface area contributed by atoms with Crippen molar-refractivity contribution in [3.05, 3.63) is 36.5 Å². The second-order valence-electron chi connectivity index (χ2n) is 25.2. The van der Waals surface area contributed by atoms with Gasteiger partial charge in [0.25, 0.3) is 0 Å². The number of carbonyl (C=O) groups excluding carboxylic acids is 3. The van der Waals surface area contributed by atoms with Gasteiger partial charge in [0.1, 0.15) is 13.2 Å². The van der Waals surface area contributed by atoms with E-state index in [4.69, 9.17) is 14.2 Å². The van der Waals surface area contributed by atoms with Crippen molar-refractivity contribution < 1.29 is 28.6 Å². The summed E-state index contributed by atoms with van der Waals surface area (Å²) < 4.78 is 17.0. The summed E-state index contributed by atoms with van der Waals surface area (Å²) in [6, 6.07) is 0. The molecule has 0 radical (unpaired) electrons. The molecule has 0 aliphatic carbocycles. The van der Waals surface area contributed by atoms with Crippen LogP contribution in [0.1, 0.15) is 412 Å². The zero-order valence-corrected chi connectivity index (χ0v) is 55.5. The third-order valence-corrected chi connectivity index (χ3v) is 16.9. The van der Waals surface area contributed by atoms with E-state index in [-0.39, 0.29) is 31.1 Å². The number of ether oxygens (including phenoxy) is 3. The lowest BCUT2D eigenvalue weighted by atomic mass is 10.0. The SMILES string of the molecule is CCCCCCC/C=C\C/C=C\CCCCCCCCCCCCCCCCCCCC(=O)OCC(COC(=O)CCCCCCCCCCCCCCCCCCC)OC(=O)CCCCCCCCC/C=C\CCCCCCCCC. The van der Waals surface area contributed by atoms with Crippen molar-refractivity contribution in [3.8, 4) is 0 Å².